The minimum atomic E-state index is -0.368. The largest absolute Gasteiger partial charge is 0.454 e. The van der Waals surface area contributed by atoms with Crippen LogP contribution < -0.4 is 14.8 Å². The average molecular weight is 329 g/mol. The smallest absolute Gasteiger partial charge is 0.246 e. The van der Waals surface area contributed by atoms with Gasteiger partial charge in [0, 0.05) is 25.8 Å². The lowest BCUT2D eigenvalue weighted by Crippen LogP contribution is -2.31. The Labute approximate surface area is 140 Å². The van der Waals surface area contributed by atoms with Crippen molar-refractivity contribution in [3.8, 4) is 23.8 Å². The topological polar surface area (TPSA) is 81.5 Å². The molecule has 126 valence electrons. The first kappa shape index (κ1) is 16.3. The predicted molar refractivity (Wildman–Crippen MR) is 85.5 cm³/mol. The molecule has 0 aliphatic carbocycles. The number of terminal acetylenes is 1. The molecule has 0 bridgehead atoms. The first-order valence-corrected chi connectivity index (χ1v) is 7.81. The Morgan fingerprint density at radius 1 is 1.33 bits per heavy atom. The molecule has 2 heterocycles. The molecular weight excluding hydrogens is 310 g/mol. The van der Waals surface area contributed by atoms with Crippen LogP contribution in [0, 0.1) is 12.3 Å². The van der Waals surface area contributed by atoms with E-state index in [0.29, 0.717) is 31.7 Å². The van der Waals surface area contributed by atoms with Gasteiger partial charge in [0.15, 0.2) is 17.2 Å². The Morgan fingerprint density at radius 2 is 2.17 bits per heavy atom. The summed E-state index contributed by atoms with van der Waals surface area (Å²) in [6, 6.07) is 5.57. The van der Waals surface area contributed by atoms with Gasteiger partial charge in [-0.1, -0.05) is 6.07 Å². The average Bonchev–Trinajstić information content (AvgIpc) is 3.19. The maximum Gasteiger partial charge on any atom is 0.246 e. The molecule has 0 saturated carbocycles. The Bertz CT molecular complexity index is 675. The molecule has 0 atom stereocenters. The maximum atomic E-state index is 11.8. The number of hydrogen-bond donors (Lipinski definition) is 1. The van der Waals surface area contributed by atoms with Gasteiger partial charge in [-0.15, -0.1) is 12.3 Å². The first-order valence-electron chi connectivity index (χ1n) is 7.81. The van der Waals surface area contributed by atoms with Crippen molar-refractivity contribution in [2.75, 3.05) is 19.9 Å². The molecule has 7 nitrogen and oxygen atoms in total. The van der Waals surface area contributed by atoms with E-state index in [9.17, 15) is 4.79 Å². The van der Waals surface area contributed by atoms with E-state index >= 15 is 0 Å². The van der Waals surface area contributed by atoms with Gasteiger partial charge in [0.05, 0.1) is 6.61 Å². The molecule has 0 radical (unpaired) electrons. The molecule has 2 aliphatic rings. The SMILES string of the molecule is C#CCCC1(CCNC(=O)COCc2ccc3c(c2)OCO3)N=N1. The molecule has 0 aromatic heterocycles. The third-order valence-electron chi connectivity index (χ3n) is 3.84. The molecule has 7 heteroatoms. The predicted octanol–water partition coefficient (Wildman–Crippen LogP) is 2.01. The lowest BCUT2D eigenvalue weighted by Gasteiger charge is -2.10. The zero-order chi connectivity index (χ0) is 16.8. The fourth-order valence-electron chi connectivity index (χ4n) is 2.41. The van der Waals surface area contributed by atoms with Crippen LogP contribution in [0.2, 0.25) is 0 Å². The number of carbonyl (C=O) groups excluding carboxylic acids is 1. The molecule has 3 rings (SSSR count). The second-order valence-electron chi connectivity index (χ2n) is 5.67. The van der Waals surface area contributed by atoms with Crippen molar-refractivity contribution >= 4 is 5.91 Å². The van der Waals surface area contributed by atoms with Crippen molar-refractivity contribution in [1.82, 2.24) is 5.32 Å². The molecule has 1 N–H and O–H groups in total. The summed E-state index contributed by atoms with van der Waals surface area (Å²) in [5, 5.41) is 10.8. The van der Waals surface area contributed by atoms with Gasteiger partial charge in [0.1, 0.15) is 6.61 Å². The highest BCUT2D eigenvalue weighted by atomic mass is 16.7. The Hall–Kier alpha value is -2.59. The highest BCUT2D eigenvalue weighted by molar-refractivity contribution is 5.77. The fraction of sp³-hybridized carbons (Fsp3) is 0.471. The summed E-state index contributed by atoms with van der Waals surface area (Å²) in [5.74, 6) is 3.85. The van der Waals surface area contributed by atoms with Crippen molar-refractivity contribution in [2.24, 2.45) is 10.2 Å². The molecule has 0 spiro atoms. The first-order chi connectivity index (χ1) is 11.7. The zero-order valence-corrected chi connectivity index (χ0v) is 13.3. The van der Waals surface area contributed by atoms with E-state index in [1.54, 1.807) is 0 Å². The monoisotopic (exact) mass is 329 g/mol. The number of carbonyl (C=O) groups is 1. The zero-order valence-electron chi connectivity index (χ0n) is 13.3. The van der Waals surface area contributed by atoms with Crippen LogP contribution in [0.5, 0.6) is 11.5 Å². The number of amides is 1. The summed E-state index contributed by atoms with van der Waals surface area (Å²) in [6.07, 6.45) is 7.28. The summed E-state index contributed by atoms with van der Waals surface area (Å²) in [7, 11) is 0. The normalized spacial score (nSPS) is 15.8. The quantitative estimate of drug-likeness (QED) is 0.703. The standard InChI is InChI=1S/C17H19N3O4/c1-2-3-6-17(19-20-17)7-8-18-16(21)11-22-10-13-4-5-14-15(9-13)24-12-23-14/h1,4-5,9H,3,6-8,10-12H2,(H,18,21). The molecule has 24 heavy (non-hydrogen) atoms. The van der Waals surface area contributed by atoms with Gasteiger partial charge < -0.3 is 19.5 Å². The molecule has 1 amide bonds. The molecular formula is C17H19N3O4. The summed E-state index contributed by atoms with van der Waals surface area (Å²) in [6.45, 7) is 1.08. The third kappa shape index (κ3) is 4.24. The highest BCUT2D eigenvalue weighted by Crippen LogP contribution is 2.36. The van der Waals surface area contributed by atoms with Gasteiger partial charge in [0.25, 0.3) is 0 Å². The van der Waals surface area contributed by atoms with Crippen LogP contribution in [-0.2, 0) is 16.1 Å². The van der Waals surface area contributed by atoms with E-state index in [2.05, 4.69) is 21.5 Å². The summed E-state index contributed by atoms with van der Waals surface area (Å²) in [4.78, 5) is 11.8. The van der Waals surface area contributed by atoms with Crippen LogP contribution in [-0.4, -0.2) is 31.5 Å². The van der Waals surface area contributed by atoms with Crippen molar-refractivity contribution in [1.29, 1.82) is 0 Å². The van der Waals surface area contributed by atoms with Gasteiger partial charge in [-0.2, -0.15) is 10.2 Å². The van der Waals surface area contributed by atoms with E-state index in [1.165, 1.54) is 0 Å². The highest BCUT2D eigenvalue weighted by Gasteiger charge is 2.38. The second-order valence-corrected chi connectivity index (χ2v) is 5.67. The Balaban J connectivity index is 1.31. The van der Waals surface area contributed by atoms with E-state index in [0.717, 1.165) is 17.7 Å². The van der Waals surface area contributed by atoms with Crippen LogP contribution in [0.15, 0.2) is 28.4 Å². The van der Waals surface area contributed by atoms with Crippen LogP contribution in [0.1, 0.15) is 24.8 Å². The Morgan fingerprint density at radius 3 is 2.96 bits per heavy atom. The van der Waals surface area contributed by atoms with Gasteiger partial charge in [-0.3, -0.25) is 4.79 Å². The van der Waals surface area contributed by atoms with Gasteiger partial charge in [-0.25, -0.2) is 0 Å². The lowest BCUT2D eigenvalue weighted by atomic mass is 10.0. The minimum absolute atomic E-state index is 0.0000825. The number of benzene rings is 1. The van der Waals surface area contributed by atoms with E-state index in [-0.39, 0.29) is 25.0 Å². The maximum absolute atomic E-state index is 11.8. The van der Waals surface area contributed by atoms with Crippen LogP contribution in [0.25, 0.3) is 0 Å². The molecule has 1 aromatic carbocycles. The lowest BCUT2D eigenvalue weighted by molar-refractivity contribution is -0.126. The fourth-order valence-corrected chi connectivity index (χ4v) is 2.41. The summed E-state index contributed by atoms with van der Waals surface area (Å²) < 4.78 is 16.0. The summed E-state index contributed by atoms with van der Waals surface area (Å²) in [5.41, 5.74) is 0.559. The number of nitrogens with zero attached hydrogens (tertiary/aromatic N) is 2. The molecule has 2 aliphatic heterocycles. The van der Waals surface area contributed by atoms with Gasteiger partial charge >= 0.3 is 0 Å². The van der Waals surface area contributed by atoms with E-state index in [1.807, 2.05) is 18.2 Å². The number of hydrogen-bond acceptors (Lipinski definition) is 6. The van der Waals surface area contributed by atoms with Crippen molar-refractivity contribution in [3.63, 3.8) is 0 Å². The van der Waals surface area contributed by atoms with Gasteiger partial charge in [0.2, 0.25) is 12.7 Å². The molecule has 1 aromatic rings. The van der Waals surface area contributed by atoms with Crippen molar-refractivity contribution in [3.05, 3.63) is 23.8 Å². The Kier molecular flexibility index (Phi) is 4.96. The molecule has 0 unspecified atom stereocenters. The van der Waals surface area contributed by atoms with Crippen LogP contribution >= 0.6 is 0 Å². The number of nitrogens with one attached hydrogen (secondary N) is 1. The number of rotatable bonds is 9. The number of fused-ring (bicyclic) bond motifs is 1. The van der Waals surface area contributed by atoms with Crippen molar-refractivity contribution in [2.45, 2.75) is 31.5 Å². The minimum Gasteiger partial charge on any atom is -0.454 e. The number of ether oxygens (including phenoxy) is 3. The van der Waals surface area contributed by atoms with Crippen molar-refractivity contribution < 1.29 is 19.0 Å². The van der Waals surface area contributed by atoms with Crippen LogP contribution in [0.3, 0.4) is 0 Å². The van der Waals surface area contributed by atoms with Gasteiger partial charge in [-0.05, 0) is 17.7 Å². The summed E-state index contributed by atoms with van der Waals surface area (Å²) >= 11 is 0. The third-order valence-corrected chi connectivity index (χ3v) is 3.84. The van der Waals surface area contributed by atoms with E-state index < -0.39 is 0 Å². The molecule has 0 fully saturated rings. The van der Waals surface area contributed by atoms with Crippen LogP contribution in [0.4, 0.5) is 0 Å². The second kappa shape index (κ2) is 7.32. The molecule has 0 saturated heterocycles. The van der Waals surface area contributed by atoms with E-state index in [4.69, 9.17) is 20.6 Å².